The van der Waals surface area contributed by atoms with Gasteiger partial charge in [0.25, 0.3) is 5.78 Å². The largest absolute Gasteiger partial charge is 0.493 e. The van der Waals surface area contributed by atoms with Crippen LogP contribution in [0.3, 0.4) is 0 Å². The topological polar surface area (TPSA) is 99.6 Å². The number of nitrogens with zero attached hydrogens (tertiary/aromatic N) is 4. The van der Waals surface area contributed by atoms with Crippen molar-refractivity contribution in [3.05, 3.63) is 47.3 Å². The Kier molecular flexibility index (Phi) is 5.88. The number of aromatic nitrogens is 4. The van der Waals surface area contributed by atoms with Crippen LogP contribution in [0.15, 0.2) is 30.3 Å². The Morgan fingerprint density at radius 3 is 2.26 bits per heavy atom. The number of ether oxygens (including phenoxy) is 2. The van der Waals surface area contributed by atoms with Gasteiger partial charge in [0.15, 0.2) is 11.5 Å². The van der Waals surface area contributed by atoms with Gasteiger partial charge in [-0.15, -0.1) is 10.2 Å². The molecule has 2 aromatic heterocycles. The maximum atomic E-state index is 13.3. The van der Waals surface area contributed by atoms with E-state index in [0.29, 0.717) is 39.9 Å². The smallest absolute Gasteiger partial charge is 0.416 e. The summed E-state index contributed by atoms with van der Waals surface area (Å²) in [4.78, 5) is 4.62. The normalized spacial score (nSPS) is 13.0. The van der Waals surface area contributed by atoms with E-state index in [4.69, 9.17) is 15.2 Å². The van der Waals surface area contributed by atoms with Gasteiger partial charge >= 0.3 is 6.18 Å². The van der Waals surface area contributed by atoms with Crippen LogP contribution in [0.1, 0.15) is 49.7 Å². The van der Waals surface area contributed by atoms with Crippen LogP contribution in [0.2, 0.25) is 0 Å². The van der Waals surface area contributed by atoms with Crippen LogP contribution < -0.4 is 20.5 Å². The number of benzene rings is 2. The maximum absolute atomic E-state index is 13.3. The zero-order valence-electron chi connectivity index (χ0n) is 19.4. The van der Waals surface area contributed by atoms with Crippen molar-refractivity contribution in [3.63, 3.8) is 0 Å². The van der Waals surface area contributed by atoms with Gasteiger partial charge in [0, 0.05) is 23.1 Å². The second kappa shape index (κ2) is 8.54. The van der Waals surface area contributed by atoms with Crippen LogP contribution in [0, 0.1) is 0 Å². The summed E-state index contributed by atoms with van der Waals surface area (Å²) in [5.41, 5.74) is 6.06. The lowest BCUT2D eigenvalue weighted by Crippen LogP contribution is -2.13. The third kappa shape index (κ3) is 4.13. The minimum absolute atomic E-state index is 0.0252. The van der Waals surface area contributed by atoms with E-state index in [1.165, 1.54) is 20.3 Å². The fourth-order valence-electron chi connectivity index (χ4n) is 3.86. The van der Waals surface area contributed by atoms with Gasteiger partial charge in [-0.25, -0.2) is 0 Å². The SMILES string of the molecule is COc1cc2c(NC(C)c3cc(N)cc(C(F)(F)F)c3)nc3nnc(C(C)C)n3c2cc1OC. The molecule has 180 valence electrons. The molecule has 0 bridgehead atoms. The molecule has 2 aromatic carbocycles. The highest BCUT2D eigenvalue weighted by atomic mass is 19.4. The molecule has 1 atom stereocenters. The van der Waals surface area contributed by atoms with Crippen LogP contribution in [0.25, 0.3) is 16.7 Å². The first-order valence-corrected chi connectivity index (χ1v) is 10.6. The van der Waals surface area contributed by atoms with Gasteiger partial charge in [-0.3, -0.25) is 4.40 Å². The molecule has 2 heterocycles. The summed E-state index contributed by atoms with van der Waals surface area (Å²) in [6.07, 6.45) is -4.51. The molecule has 0 aliphatic carbocycles. The minimum Gasteiger partial charge on any atom is -0.493 e. The zero-order valence-corrected chi connectivity index (χ0v) is 19.4. The summed E-state index contributed by atoms with van der Waals surface area (Å²) in [5.74, 6) is 2.53. The van der Waals surface area contributed by atoms with Gasteiger partial charge in [0.2, 0.25) is 0 Å². The highest BCUT2D eigenvalue weighted by Gasteiger charge is 2.31. The molecule has 0 spiro atoms. The first-order valence-electron chi connectivity index (χ1n) is 10.6. The lowest BCUT2D eigenvalue weighted by atomic mass is 10.0. The molecule has 3 N–H and O–H groups in total. The molecule has 0 saturated carbocycles. The number of anilines is 2. The number of fused-ring (bicyclic) bond motifs is 3. The zero-order chi connectivity index (χ0) is 24.8. The van der Waals surface area contributed by atoms with Gasteiger partial charge in [-0.05, 0) is 36.8 Å². The predicted molar refractivity (Wildman–Crippen MR) is 123 cm³/mol. The van der Waals surface area contributed by atoms with Crippen molar-refractivity contribution in [2.24, 2.45) is 0 Å². The monoisotopic (exact) mass is 474 g/mol. The number of nitrogens with two attached hydrogens (primary N) is 1. The molecular weight excluding hydrogens is 449 g/mol. The van der Waals surface area contributed by atoms with Crippen molar-refractivity contribution in [1.29, 1.82) is 0 Å². The van der Waals surface area contributed by atoms with Crippen molar-refractivity contribution in [3.8, 4) is 11.5 Å². The van der Waals surface area contributed by atoms with E-state index in [0.717, 1.165) is 17.6 Å². The third-order valence-corrected chi connectivity index (χ3v) is 5.56. The summed E-state index contributed by atoms with van der Waals surface area (Å²) in [6.45, 7) is 5.72. The van der Waals surface area contributed by atoms with Crippen LogP contribution >= 0.6 is 0 Å². The molecule has 11 heteroatoms. The van der Waals surface area contributed by atoms with Crippen molar-refractivity contribution in [1.82, 2.24) is 19.6 Å². The maximum Gasteiger partial charge on any atom is 0.416 e. The van der Waals surface area contributed by atoms with Crippen LogP contribution in [-0.4, -0.2) is 33.8 Å². The third-order valence-electron chi connectivity index (χ3n) is 5.56. The summed E-state index contributed by atoms with van der Waals surface area (Å²) in [7, 11) is 3.06. The molecule has 1 unspecified atom stereocenters. The van der Waals surface area contributed by atoms with Crippen LogP contribution in [0.5, 0.6) is 11.5 Å². The summed E-state index contributed by atoms with van der Waals surface area (Å²) in [5, 5.41) is 12.4. The summed E-state index contributed by atoms with van der Waals surface area (Å²) >= 11 is 0. The van der Waals surface area contributed by atoms with Gasteiger partial charge in [0.05, 0.1) is 31.3 Å². The predicted octanol–water partition coefficient (Wildman–Crippen LogP) is 5.19. The highest BCUT2D eigenvalue weighted by molar-refractivity contribution is 5.94. The van der Waals surface area contributed by atoms with Gasteiger partial charge in [-0.2, -0.15) is 18.2 Å². The second-order valence-corrected chi connectivity index (χ2v) is 8.29. The van der Waals surface area contributed by atoms with Crippen molar-refractivity contribution in [2.45, 2.75) is 38.9 Å². The van der Waals surface area contributed by atoms with Gasteiger partial charge in [-0.1, -0.05) is 13.8 Å². The fourth-order valence-corrected chi connectivity index (χ4v) is 3.86. The molecule has 8 nitrogen and oxygen atoms in total. The molecular formula is C23H25F3N6O2. The first kappa shape index (κ1) is 23.4. The molecule has 0 aliphatic heterocycles. The van der Waals surface area contributed by atoms with Crippen molar-refractivity contribution >= 4 is 28.2 Å². The second-order valence-electron chi connectivity index (χ2n) is 8.29. The number of nitrogens with one attached hydrogen (secondary N) is 1. The van der Waals surface area contributed by atoms with E-state index in [9.17, 15) is 13.2 Å². The lowest BCUT2D eigenvalue weighted by molar-refractivity contribution is -0.137. The summed E-state index contributed by atoms with van der Waals surface area (Å²) < 4.78 is 52.7. The van der Waals surface area contributed by atoms with E-state index in [-0.39, 0.29) is 11.6 Å². The standard InChI is InChI=1S/C23H25F3N6O2/c1-11(2)21-30-31-22-29-20(16-9-18(33-4)19(34-5)10-17(16)32(21)22)28-12(3)13-6-14(23(24,25)26)8-15(27)7-13/h6-12H,27H2,1-5H3,(H,28,29,31). The van der Waals surface area contributed by atoms with Crippen molar-refractivity contribution < 1.29 is 22.6 Å². The Bertz CT molecular complexity index is 1370. The molecule has 0 radical (unpaired) electrons. The number of rotatable bonds is 6. The minimum atomic E-state index is -4.51. The Labute approximate surface area is 193 Å². The number of nitrogen functional groups attached to an aromatic ring is 1. The first-order chi connectivity index (χ1) is 16.0. The number of alkyl halides is 3. The van der Waals surface area contributed by atoms with E-state index >= 15 is 0 Å². The van der Waals surface area contributed by atoms with E-state index in [2.05, 4.69) is 20.5 Å². The van der Waals surface area contributed by atoms with E-state index in [1.54, 1.807) is 19.1 Å². The van der Waals surface area contributed by atoms with E-state index < -0.39 is 17.8 Å². The van der Waals surface area contributed by atoms with Crippen molar-refractivity contribution in [2.75, 3.05) is 25.3 Å². The van der Waals surface area contributed by atoms with Gasteiger partial charge in [0.1, 0.15) is 11.6 Å². The van der Waals surface area contributed by atoms with E-state index in [1.807, 2.05) is 18.2 Å². The molecule has 0 saturated heterocycles. The average Bonchev–Trinajstić information content (AvgIpc) is 3.21. The molecule has 34 heavy (non-hydrogen) atoms. The number of methoxy groups -OCH3 is 2. The van der Waals surface area contributed by atoms with Gasteiger partial charge < -0.3 is 20.5 Å². The summed E-state index contributed by atoms with van der Waals surface area (Å²) in [6, 6.07) is 6.51. The molecule has 4 aromatic rings. The fraction of sp³-hybridized carbons (Fsp3) is 0.348. The quantitative estimate of drug-likeness (QED) is 0.371. The van der Waals surface area contributed by atoms with Crippen LogP contribution in [0.4, 0.5) is 24.7 Å². The molecule has 4 rings (SSSR count). The Balaban J connectivity index is 1.89. The Hall–Kier alpha value is -3.76. The number of hydrogen-bond donors (Lipinski definition) is 2. The van der Waals surface area contributed by atoms with Crippen LogP contribution in [-0.2, 0) is 6.18 Å². The molecule has 0 amide bonds. The average molecular weight is 474 g/mol. The number of hydrogen-bond acceptors (Lipinski definition) is 7. The molecule has 0 fully saturated rings. The highest BCUT2D eigenvalue weighted by Crippen LogP contribution is 2.38. The molecule has 0 aliphatic rings. The lowest BCUT2D eigenvalue weighted by Gasteiger charge is -2.20. The number of halogens is 3. The Morgan fingerprint density at radius 2 is 1.65 bits per heavy atom. The Morgan fingerprint density at radius 1 is 0.971 bits per heavy atom.